The van der Waals surface area contributed by atoms with Crippen LogP contribution >= 0.6 is 23.2 Å². The van der Waals surface area contributed by atoms with E-state index in [1.165, 1.54) is 0 Å². The van der Waals surface area contributed by atoms with Crippen LogP contribution in [-0.4, -0.2) is 18.6 Å². The van der Waals surface area contributed by atoms with Crippen molar-refractivity contribution < 1.29 is 9.53 Å². The smallest absolute Gasteiger partial charge is 0.228 e. The minimum atomic E-state index is -0.170. The van der Waals surface area contributed by atoms with Crippen molar-refractivity contribution in [3.8, 4) is 0 Å². The zero-order valence-corrected chi connectivity index (χ0v) is 11.9. The van der Waals surface area contributed by atoms with E-state index in [9.17, 15) is 4.79 Å². The number of amides is 1. The molecule has 0 spiro atoms. The Bertz CT molecular complexity index is 512. The van der Waals surface area contributed by atoms with Gasteiger partial charge in [-0.15, -0.1) is 11.6 Å². The van der Waals surface area contributed by atoms with Crippen LogP contribution in [0.2, 0.25) is 5.02 Å². The Morgan fingerprint density at radius 2 is 2.32 bits per heavy atom. The molecule has 19 heavy (non-hydrogen) atoms. The third-order valence-electron chi connectivity index (χ3n) is 3.68. The molecule has 102 valence electrons. The van der Waals surface area contributed by atoms with Gasteiger partial charge in [-0.3, -0.25) is 4.79 Å². The molecule has 0 saturated carbocycles. The molecular weight excluding hydrogens is 285 g/mol. The van der Waals surface area contributed by atoms with Gasteiger partial charge in [0.05, 0.1) is 17.9 Å². The quantitative estimate of drug-likeness (QED) is 0.865. The predicted octanol–water partition coefficient (Wildman–Crippen LogP) is 3.68. The fourth-order valence-electron chi connectivity index (χ4n) is 2.70. The third kappa shape index (κ3) is 2.73. The normalized spacial score (nSPS) is 23.3. The lowest BCUT2D eigenvalue weighted by atomic mass is 10.0. The number of benzene rings is 1. The first-order valence-electron chi connectivity index (χ1n) is 6.51. The third-order valence-corrected chi connectivity index (χ3v) is 4.42. The van der Waals surface area contributed by atoms with Gasteiger partial charge in [-0.2, -0.15) is 0 Å². The number of anilines is 1. The first kappa shape index (κ1) is 13.2. The van der Waals surface area contributed by atoms with Crippen molar-refractivity contribution in [3.05, 3.63) is 28.3 Å². The molecular formula is C14H15Cl2NO2. The lowest BCUT2D eigenvalue weighted by Gasteiger charge is -2.17. The van der Waals surface area contributed by atoms with Crippen LogP contribution in [0.5, 0.6) is 0 Å². The second-order valence-corrected chi connectivity index (χ2v) is 6.03. The van der Waals surface area contributed by atoms with Gasteiger partial charge in [-0.05, 0) is 36.5 Å². The average Bonchev–Trinajstić information content (AvgIpc) is 2.96. The summed E-state index contributed by atoms with van der Waals surface area (Å²) >= 11 is 12.7. The number of halogens is 2. The van der Waals surface area contributed by atoms with Crippen molar-refractivity contribution >= 4 is 34.8 Å². The van der Waals surface area contributed by atoms with Gasteiger partial charge < -0.3 is 10.1 Å². The van der Waals surface area contributed by atoms with Crippen molar-refractivity contribution in [2.45, 2.75) is 37.2 Å². The summed E-state index contributed by atoms with van der Waals surface area (Å²) in [7, 11) is 0. The van der Waals surface area contributed by atoms with E-state index in [0.29, 0.717) is 11.4 Å². The van der Waals surface area contributed by atoms with Crippen molar-refractivity contribution in [1.29, 1.82) is 0 Å². The summed E-state index contributed by atoms with van der Waals surface area (Å²) in [6.07, 6.45) is 3.56. The topological polar surface area (TPSA) is 38.3 Å². The maximum absolute atomic E-state index is 11.4. The maximum atomic E-state index is 11.4. The molecule has 0 bridgehead atoms. The van der Waals surface area contributed by atoms with Crippen molar-refractivity contribution in [2.75, 3.05) is 11.9 Å². The summed E-state index contributed by atoms with van der Waals surface area (Å²) in [4.78, 5) is 11.4. The molecule has 1 fully saturated rings. The highest BCUT2D eigenvalue weighted by molar-refractivity contribution is 6.33. The molecule has 2 heterocycles. The lowest BCUT2D eigenvalue weighted by Crippen LogP contribution is -2.08. The van der Waals surface area contributed by atoms with Crippen molar-refractivity contribution in [1.82, 2.24) is 0 Å². The Hall–Kier alpha value is -0.770. The molecule has 1 aromatic rings. The van der Waals surface area contributed by atoms with Gasteiger partial charge in [0.15, 0.2) is 0 Å². The van der Waals surface area contributed by atoms with E-state index in [-0.39, 0.29) is 17.4 Å². The summed E-state index contributed by atoms with van der Waals surface area (Å²) in [6, 6.07) is 3.74. The van der Waals surface area contributed by atoms with Gasteiger partial charge in [0, 0.05) is 17.3 Å². The van der Waals surface area contributed by atoms with Crippen LogP contribution < -0.4 is 5.32 Å². The number of rotatable bonds is 3. The first-order chi connectivity index (χ1) is 9.13. The molecule has 1 saturated heterocycles. The van der Waals surface area contributed by atoms with E-state index in [4.69, 9.17) is 27.9 Å². The summed E-state index contributed by atoms with van der Waals surface area (Å²) in [5, 5.41) is 3.23. The Kier molecular flexibility index (Phi) is 3.70. The monoisotopic (exact) mass is 299 g/mol. The fraction of sp³-hybridized carbons (Fsp3) is 0.500. The Morgan fingerprint density at radius 1 is 1.47 bits per heavy atom. The Balaban J connectivity index is 1.80. The maximum Gasteiger partial charge on any atom is 0.228 e. The van der Waals surface area contributed by atoms with E-state index in [1.54, 1.807) is 6.07 Å². The molecule has 0 aliphatic carbocycles. The van der Waals surface area contributed by atoms with E-state index in [1.807, 2.05) is 6.07 Å². The summed E-state index contributed by atoms with van der Waals surface area (Å²) in [5.41, 5.74) is 2.68. The molecule has 3 rings (SSSR count). The first-order valence-corrected chi connectivity index (χ1v) is 7.33. The van der Waals surface area contributed by atoms with Crippen molar-refractivity contribution in [3.63, 3.8) is 0 Å². The molecule has 1 N–H and O–H groups in total. The number of carbonyl (C=O) groups excluding carboxylic acids is 1. The van der Waals surface area contributed by atoms with E-state index >= 15 is 0 Å². The number of alkyl halides is 1. The SMILES string of the molecule is O=C1Cc2cc(C(Cl)CC3CCCO3)c(Cl)cc2N1. The number of hydrogen-bond acceptors (Lipinski definition) is 2. The molecule has 2 aliphatic heterocycles. The molecule has 1 aromatic carbocycles. The van der Waals surface area contributed by atoms with Crippen LogP contribution in [0.1, 0.15) is 35.8 Å². The minimum Gasteiger partial charge on any atom is -0.378 e. The summed E-state index contributed by atoms with van der Waals surface area (Å²) < 4.78 is 5.60. The van der Waals surface area contributed by atoms with E-state index in [0.717, 1.165) is 42.7 Å². The van der Waals surface area contributed by atoms with Crippen LogP contribution in [0.4, 0.5) is 5.69 Å². The van der Waals surface area contributed by atoms with Gasteiger partial charge in [0.25, 0.3) is 0 Å². The number of fused-ring (bicyclic) bond motifs is 1. The largest absolute Gasteiger partial charge is 0.378 e. The predicted molar refractivity (Wildman–Crippen MR) is 76.0 cm³/mol. The van der Waals surface area contributed by atoms with E-state index < -0.39 is 0 Å². The second kappa shape index (κ2) is 5.31. The Labute approximate surface area is 122 Å². The number of ether oxygens (including phenoxy) is 1. The number of carbonyl (C=O) groups is 1. The number of nitrogens with one attached hydrogen (secondary N) is 1. The zero-order chi connectivity index (χ0) is 13.4. The van der Waals surface area contributed by atoms with Crippen LogP contribution in [0.25, 0.3) is 0 Å². The summed E-state index contributed by atoms with van der Waals surface area (Å²) in [5.74, 6) is 0.00784. The fourth-order valence-corrected chi connectivity index (χ4v) is 3.43. The van der Waals surface area contributed by atoms with Crippen LogP contribution in [-0.2, 0) is 16.0 Å². The van der Waals surface area contributed by atoms with Crippen molar-refractivity contribution in [2.24, 2.45) is 0 Å². The van der Waals surface area contributed by atoms with Gasteiger partial charge in [0.2, 0.25) is 5.91 Å². The molecule has 3 nitrogen and oxygen atoms in total. The highest BCUT2D eigenvalue weighted by Crippen LogP contribution is 2.38. The van der Waals surface area contributed by atoms with Gasteiger partial charge in [-0.1, -0.05) is 17.7 Å². The van der Waals surface area contributed by atoms with Gasteiger partial charge in [-0.25, -0.2) is 0 Å². The molecule has 2 unspecified atom stereocenters. The van der Waals surface area contributed by atoms with Gasteiger partial charge in [0.1, 0.15) is 0 Å². The van der Waals surface area contributed by atoms with Crippen LogP contribution in [0, 0.1) is 0 Å². The lowest BCUT2D eigenvalue weighted by molar-refractivity contribution is -0.115. The van der Waals surface area contributed by atoms with E-state index in [2.05, 4.69) is 5.32 Å². The molecule has 2 aliphatic rings. The molecule has 5 heteroatoms. The molecule has 0 aromatic heterocycles. The average molecular weight is 300 g/mol. The second-order valence-electron chi connectivity index (χ2n) is 5.09. The Morgan fingerprint density at radius 3 is 3.05 bits per heavy atom. The van der Waals surface area contributed by atoms with Crippen LogP contribution in [0.3, 0.4) is 0 Å². The minimum absolute atomic E-state index is 0.00784. The highest BCUT2D eigenvalue weighted by atomic mass is 35.5. The zero-order valence-electron chi connectivity index (χ0n) is 10.4. The summed E-state index contributed by atoms with van der Waals surface area (Å²) in [6.45, 7) is 0.824. The highest BCUT2D eigenvalue weighted by Gasteiger charge is 2.25. The molecule has 2 atom stereocenters. The molecule has 0 radical (unpaired) electrons. The van der Waals surface area contributed by atoms with Crippen LogP contribution in [0.15, 0.2) is 12.1 Å². The van der Waals surface area contributed by atoms with Gasteiger partial charge >= 0.3 is 0 Å². The standard InChI is InChI=1S/C14H15Cl2NO2/c15-11(6-9-2-1-3-19-9)10-4-8-5-14(18)17-13(8)7-12(10)16/h4,7,9,11H,1-3,5-6H2,(H,17,18). The number of hydrogen-bond donors (Lipinski definition) is 1. The molecule has 1 amide bonds.